The number of aliphatic imine (C=N–C) groups is 2. The van der Waals surface area contributed by atoms with Gasteiger partial charge < -0.3 is 20.1 Å². The molecule has 0 saturated heterocycles. The van der Waals surface area contributed by atoms with E-state index in [4.69, 9.17) is 9.47 Å². The molecule has 6 nitrogen and oxygen atoms in total. The van der Waals surface area contributed by atoms with E-state index in [0.29, 0.717) is 11.8 Å². The molecule has 0 aromatic rings. The van der Waals surface area contributed by atoms with Crippen LogP contribution in [-0.4, -0.2) is 51.4 Å². The fourth-order valence-corrected chi connectivity index (χ4v) is 3.12. The van der Waals surface area contributed by atoms with E-state index >= 15 is 0 Å². The Labute approximate surface area is 120 Å². The lowest BCUT2D eigenvalue weighted by Crippen LogP contribution is -2.35. The van der Waals surface area contributed by atoms with Crippen molar-refractivity contribution in [3.05, 3.63) is 0 Å². The van der Waals surface area contributed by atoms with Gasteiger partial charge in [0.05, 0.1) is 13.1 Å². The highest BCUT2D eigenvalue weighted by molar-refractivity contribution is 5.75. The van der Waals surface area contributed by atoms with Crippen LogP contribution < -0.4 is 10.6 Å². The molecule has 1 fully saturated rings. The van der Waals surface area contributed by atoms with Gasteiger partial charge in [-0.25, -0.2) is 9.98 Å². The summed E-state index contributed by atoms with van der Waals surface area (Å²) in [6, 6.07) is 1.47. The maximum Gasteiger partial charge on any atom is 0.284 e. The average Bonchev–Trinajstić information content (AvgIpc) is 3.17. The van der Waals surface area contributed by atoms with Crippen molar-refractivity contribution in [1.29, 1.82) is 0 Å². The molecule has 2 aliphatic heterocycles. The third kappa shape index (κ3) is 3.77. The molecule has 0 spiro atoms. The van der Waals surface area contributed by atoms with Gasteiger partial charge in [-0.3, -0.25) is 0 Å². The van der Waals surface area contributed by atoms with Crippen molar-refractivity contribution in [3.8, 4) is 0 Å². The molecule has 2 N–H and O–H groups in total. The molecule has 1 aliphatic carbocycles. The first-order chi connectivity index (χ1) is 9.90. The van der Waals surface area contributed by atoms with Crippen LogP contribution >= 0.6 is 0 Å². The van der Waals surface area contributed by atoms with Gasteiger partial charge in [0.15, 0.2) is 0 Å². The summed E-state index contributed by atoms with van der Waals surface area (Å²) in [6.07, 6.45) is 5.16. The lowest BCUT2D eigenvalue weighted by Gasteiger charge is -2.29. The summed E-state index contributed by atoms with van der Waals surface area (Å²) < 4.78 is 10.8. The van der Waals surface area contributed by atoms with Gasteiger partial charge in [0, 0.05) is 13.1 Å². The topological polar surface area (TPSA) is 67.2 Å². The Kier molecular flexibility index (Phi) is 4.61. The zero-order valence-electron chi connectivity index (χ0n) is 11.9. The van der Waals surface area contributed by atoms with Gasteiger partial charge in [0.25, 0.3) is 12.0 Å². The van der Waals surface area contributed by atoms with Crippen molar-refractivity contribution >= 4 is 12.0 Å². The van der Waals surface area contributed by atoms with Crippen LogP contribution in [0.25, 0.3) is 0 Å². The van der Waals surface area contributed by atoms with Crippen LogP contribution in [0, 0.1) is 11.8 Å². The monoisotopic (exact) mass is 280 g/mol. The van der Waals surface area contributed by atoms with Crippen LogP contribution in [-0.2, 0) is 9.47 Å². The number of nitrogens with zero attached hydrogens (tertiary/aromatic N) is 2. The van der Waals surface area contributed by atoms with Crippen molar-refractivity contribution < 1.29 is 9.47 Å². The second-order valence-corrected chi connectivity index (χ2v) is 5.73. The lowest BCUT2D eigenvalue weighted by molar-refractivity contribution is 0.253. The van der Waals surface area contributed by atoms with E-state index in [9.17, 15) is 0 Å². The Bertz CT molecular complexity index is 349. The van der Waals surface area contributed by atoms with Crippen LogP contribution in [0.2, 0.25) is 0 Å². The summed E-state index contributed by atoms with van der Waals surface area (Å²) >= 11 is 0. The number of amidine groups is 2. The van der Waals surface area contributed by atoms with Gasteiger partial charge in [-0.15, -0.1) is 0 Å². The molecule has 112 valence electrons. The van der Waals surface area contributed by atoms with Crippen LogP contribution in [0.5, 0.6) is 0 Å². The molecular weight excluding hydrogens is 256 g/mol. The maximum atomic E-state index is 5.38. The maximum absolute atomic E-state index is 5.38. The fourth-order valence-electron chi connectivity index (χ4n) is 3.12. The largest absolute Gasteiger partial charge is 0.463 e. The van der Waals surface area contributed by atoms with E-state index in [1.54, 1.807) is 0 Å². The van der Waals surface area contributed by atoms with Crippen molar-refractivity contribution in [2.45, 2.75) is 25.7 Å². The van der Waals surface area contributed by atoms with Crippen molar-refractivity contribution in [2.75, 3.05) is 39.4 Å². The Morgan fingerprint density at radius 1 is 0.900 bits per heavy atom. The molecular formula is C14H24N4O2. The summed E-state index contributed by atoms with van der Waals surface area (Å²) in [5.41, 5.74) is 0. The van der Waals surface area contributed by atoms with Crippen molar-refractivity contribution in [2.24, 2.45) is 21.8 Å². The van der Waals surface area contributed by atoms with Crippen LogP contribution in [0.1, 0.15) is 25.7 Å². The van der Waals surface area contributed by atoms with E-state index in [1.807, 2.05) is 0 Å². The molecule has 2 heterocycles. The quantitative estimate of drug-likeness (QED) is 0.797. The summed E-state index contributed by atoms with van der Waals surface area (Å²) in [7, 11) is 0. The molecule has 0 bridgehead atoms. The highest BCUT2D eigenvalue weighted by Gasteiger charge is 2.23. The number of ether oxygens (including phenoxy) is 2. The lowest BCUT2D eigenvalue weighted by atomic mass is 9.81. The van der Waals surface area contributed by atoms with Gasteiger partial charge in [-0.1, -0.05) is 6.42 Å². The smallest absolute Gasteiger partial charge is 0.284 e. The fraction of sp³-hybridized carbons (Fsp3) is 0.857. The molecule has 20 heavy (non-hydrogen) atoms. The second-order valence-electron chi connectivity index (χ2n) is 5.73. The zero-order chi connectivity index (χ0) is 13.6. The molecule has 2 unspecified atom stereocenters. The molecule has 1 saturated carbocycles. The first kappa shape index (κ1) is 13.5. The second kappa shape index (κ2) is 6.81. The van der Waals surface area contributed by atoms with E-state index in [1.165, 1.54) is 25.7 Å². The summed E-state index contributed by atoms with van der Waals surface area (Å²) in [5, 5.41) is 6.66. The summed E-state index contributed by atoms with van der Waals surface area (Å²) in [5.74, 6) is 1.43. The van der Waals surface area contributed by atoms with E-state index in [-0.39, 0.29) is 0 Å². The third-order valence-electron chi connectivity index (χ3n) is 4.15. The molecule has 0 aromatic carbocycles. The van der Waals surface area contributed by atoms with Gasteiger partial charge in [0.2, 0.25) is 0 Å². The molecule has 0 radical (unpaired) electrons. The Morgan fingerprint density at radius 3 is 1.90 bits per heavy atom. The third-order valence-corrected chi connectivity index (χ3v) is 4.15. The van der Waals surface area contributed by atoms with E-state index in [0.717, 1.165) is 51.4 Å². The van der Waals surface area contributed by atoms with Crippen molar-refractivity contribution in [1.82, 2.24) is 10.6 Å². The van der Waals surface area contributed by atoms with Gasteiger partial charge >= 0.3 is 0 Å². The zero-order valence-corrected chi connectivity index (χ0v) is 11.9. The number of rotatable bonds is 4. The van der Waals surface area contributed by atoms with Crippen molar-refractivity contribution in [3.63, 3.8) is 0 Å². The first-order valence-electron chi connectivity index (χ1n) is 7.72. The minimum absolute atomic E-state index is 0.717. The Morgan fingerprint density at radius 2 is 1.45 bits per heavy atom. The van der Waals surface area contributed by atoms with Gasteiger partial charge in [-0.2, -0.15) is 0 Å². The standard InChI is InChI=1S/C14H24N4O2/c1-2-11(9-17-13-15-4-6-19-13)8-12(3-1)10-18-14-16-5-7-20-14/h11-12H,1-10H2,(H,15,17)(H,16,18). The normalized spacial score (nSPS) is 29.2. The van der Waals surface area contributed by atoms with E-state index < -0.39 is 0 Å². The SMILES string of the molecule is C1CC(CNC2=NCCO2)CC(CNC2=NCCO2)C1. The van der Waals surface area contributed by atoms with Gasteiger partial charge in [0.1, 0.15) is 13.2 Å². The highest BCUT2D eigenvalue weighted by atomic mass is 16.5. The Balaban J connectivity index is 1.37. The molecule has 3 rings (SSSR count). The van der Waals surface area contributed by atoms with E-state index in [2.05, 4.69) is 20.6 Å². The Hall–Kier alpha value is -1.46. The number of nitrogens with one attached hydrogen (secondary N) is 2. The predicted molar refractivity (Wildman–Crippen MR) is 78.0 cm³/mol. The highest BCUT2D eigenvalue weighted by Crippen LogP contribution is 2.28. The summed E-state index contributed by atoms with van der Waals surface area (Å²) in [4.78, 5) is 8.53. The number of hydrogen-bond acceptors (Lipinski definition) is 6. The molecule has 0 aromatic heterocycles. The van der Waals surface area contributed by atoms with Crippen LogP contribution in [0.15, 0.2) is 9.98 Å². The average molecular weight is 280 g/mol. The molecule has 2 atom stereocenters. The number of hydrogen-bond donors (Lipinski definition) is 2. The van der Waals surface area contributed by atoms with Gasteiger partial charge in [-0.05, 0) is 31.1 Å². The minimum Gasteiger partial charge on any atom is -0.463 e. The van der Waals surface area contributed by atoms with Crippen LogP contribution in [0.4, 0.5) is 0 Å². The predicted octanol–water partition coefficient (Wildman–Crippen LogP) is 0.744. The molecule has 6 heteroatoms. The molecule has 3 aliphatic rings. The first-order valence-corrected chi connectivity index (χ1v) is 7.72. The summed E-state index contributed by atoms with van der Waals surface area (Å²) in [6.45, 7) is 4.99. The molecule has 0 amide bonds. The van der Waals surface area contributed by atoms with Crippen LogP contribution in [0.3, 0.4) is 0 Å². The minimum atomic E-state index is 0.717.